The summed E-state index contributed by atoms with van der Waals surface area (Å²) in [5.41, 5.74) is 5.58. The number of nitrogens with zero attached hydrogens (tertiary/aromatic N) is 2. The molecule has 2 unspecified atom stereocenters. The number of aromatic nitrogens is 4. The molecule has 2 aromatic rings. The third kappa shape index (κ3) is 0.991. The zero-order valence-corrected chi connectivity index (χ0v) is 9.03. The van der Waals surface area contributed by atoms with Crippen LogP contribution in [0.25, 0.3) is 0 Å². The lowest BCUT2D eigenvalue weighted by molar-refractivity contribution is 0.410. The maximum Gasteiger partial charge on any atom is 0.0522 e. The first kappa shape index (κ1) is 8.56. The van der Waals surface area contributed by atoms with Gasteiger partial charge in [-0.15, -0.1) is 0 Å². The molecule has 0 aliphatic heterocycles. The van der Waals surface area contributed by atoms with Crippen molar-refractivity contribution in [2.24, 2.45) is 0 Å². The van der Waals surface area contributed by atoms with Crippen LogP contribution in [0.1, 0.15) is 47.2 Å². The Labute approximate surface area is 93.5 Å². The fraction of sp³-hybridized carbons (Fsp3) is 0.500. The summed E-state index contributed by atoms with van der Waals surface area (Å²) in [4.78, 5) is 0. The van der Waals surface area contributed by atoms with Crippen molar-refractivity contribution < 1.29 is 0 Å². The Hall–Kier alpha value is -1.58. The number of H-pyrrole nitrogens is 2. The van der Waals surface area contributed by atoms with Gasteiger partial charge < -0.3 is 0 Å². The van der Waals surface area contributed by atoms with Crippen molar-refractivity contribution in [2.45, 2.75) is 37.5 Å². The fourth-order valence-electron chi connectivity index (χ4n) is 3.40. The summed E-state index contributed by atoms with van der Waals surface area (Å²) in [5, 5.41) is 14.8. The van der Waals surface area contributed by atoms with E-state index in [0.29, 0.717) is 11.8 Å². The molecule has 0 bridgehead atoms. The second kappa shape index (κ2) is 2.97. The molecule has 0 amide bonds. The molecule has 0 saturated heterocycles. The van der Waals surface area contributed by atoms with E-state index in [1.165, 1.54) is 35.4 Å². The Kier molecular flexibility index (Phi) is 1.59. The highest BCUT2D eigenvalue weighted by Gasteiger charge is 2.36. The van der Waals surface area contributed by atoms with E-state index in [-0.39, 0.29) is 0 Å². The lowest BCUT2D eigenvalue weighted by Gasteiger charge is -2.34. The minimum atomic E-state index is 0.624. The lowest BCUT2D eigenvalue weighted by Crippen LogP contribution is -2.24. The molecule has 2 aliphatic rings. The number of nitrogens with one attached hydrogen (secondary N) is 2. The van der Waals surface area contributed by atoms with Crippen molar-refractivity contribution in [1.29, 1.82) is 0 Å². The van der Waals surface area contributed by atoms with Crippen LogP contribution in [-0.4, -0.2) is 20.4 Å². The second-order valence-corrected chi connectivity index (χ2v) is 4.91. The molecule has 0 saturated carbocycles. The summed E-state index contributed by atoms with van der Waals surface area (Å²) in [6.45, 7) is 0. The normalized spacial score (nSPS) is 27.0. The van der Waals surface area contributed by atoms with Gasteiger partial charge in [-0.25, -0.2) is 0 Å². The summed E-state index contributed by atoms with van der Waals surface area (Å²) in [7, 11) is 0. The van der Waals surface area contributed by atoms with Gasteiger partial charge in [-0.05, 0) is 36.8 Å². The average molecular weight is 214 g/mol. The van der Waals surface area contributed by atoms with Gasteiger partial charge in [0.05, 0.1) is 12.4 Å². The third-order valence-corrected chi connectivity index (χ3v) is 4.18. The Morgan fingerprint density at radius 3 is 1.88 bits per heavy atom. The monoisotopic (exact) mass is 214 g/mol. The number of rotatable bonds is 0. The van der Waals surface area contributed by atoms with E-state index in [9.17, 15) is 0 Å². The van der Waals surface area contributed by atoms with Crippen molar-refractivity contribution in [2.75, 3.05) is 0 Å². The van der Waals surface area contributed by atoms with Crippen LogP contribution in [0.15, 0.2) is 12.4 Å². The minimum absolute atomic E-state index is 0.624. The topological polar surface area (TPSA) is 57.4 Å². The van der Waals surface area contributed by atoms with Crippen LogP contribution < -0.4 is 0 Å². The van der Waals surface area contributed by atoms with E-state index in [0.717, 1.165) is 12.8 Å². The van der Waals surface area contributed by atoms with Crippen molar-refractivity contribution in [1.82, 2.24) is 20.4 Å². The Morgan fingerprint density at radius 1 is 0.875 bits per heavy atom. The Balaban J connectivity index is 1.84. The van der Waals surface area contributed by atoms with Gasteiger partial charge in [0.1, 0.15) is 0 Å². The molecule has 0 aromatic carbocycles. The first-order valence-electron chi connectivity index (χ1n) is 5.98. The van der Waals surface area contributed by atoms with Gasteiger partial charge in [0.15, 0.2) is 0 Å². The molecule has 82 valence electrons. The number of hydrogen-bond acceptors (Lipinski definition) is 2. The predicted molar refractivity (Wildman–Crippen MR) is 59.3 cm³/mol. The molecule has 2 aromatic heterocycles. The first-order chi connectivity index (χ1) is 7.93. The number of aryl methyl sites for hydroxylation is 2. The highest BCUT2D eigenvalue weighted by molar-refractivity contribution is 5.35. The average Bonchev–Trinajstić information content (AvgIpc) is 2.96. The van der Waals surface area contributed by atoms with Gasteiger partial charge in [0.25, 0.3) is 0 Å². The van der Waals surface area contributed by atoms with Crippen molar-refractivity contribution >= 4 is 0 Å². The van der Waals surface area contributed by atoms with E-state index in [2.05, 4.69) is 20.4 Å². The molecule has 2 aliphatic carbocycles. The van der Waals surface area contributed by atoms with E-state index in [1.807, 2.05) is 12.4 Å². The standard InChI is InChI=1S/C12H14N4/c1-3-9-10(11-7(1)5-13-15-11)4-2-8-6-14-16-12(8)9/h5-6,9-10H,1-4H2,(H,13,15)(H,14,16). The largest absolute Gasteiger partial charge is 0.282 e. The molecular formula is C12H14N4. The summed E-state index contributed by atoms with van der Waals surface area (Å²) in [6, 6.07) is 0. The maximum atomic E-state index is 4.19. The van der Waals surface area contributed by atoms with Gasteiger partial charge in [-0.3, -0.25) is 10.2 Å². The first-order valence-corrected chi connectivity index (χ1v) is 5.98. The predicted octanol–water partition coefficient (Wildman–Crippen LogP) is 1.89. The highest BCUT2D eigenvalue weighted by atomic mass is 15.1. The van der Waals surface area contributed by atoms with Crippen LogP contribution in [-0.2, 0) is 12.8 Å². The number of fused-ring (bicyclic) bond motifs is 5. The molecule has 0 spiro atoms. The molecule has 4 rings (SSSR count). The van der Waals surface area contributed by atoms with Crippen LogP contribution in [0, 0.1) is 0 Å². The zero-order chi connectivity index (χ0) is 10.5. The molecule has 4 heteroatoms. The smallest absolute Gasteiger partial charge is 0.0522 e. The number of aromatic amines is 2. The van der Waals surface area contributed by atoms with E-state index < -0.39 is 0 Å². The lowest BCUT2D eigenvalue weighted by atomic mass is 9.70. The third-order valence-electron chi connectivity index (χ3n) is 4.18. The van der Waals surface area contributed by atoms with Crippen LogP contribution in [0.5, 0.6) is 0 Å². The molecule has 16 heavy (non-hydrogen) atoms. The quantitative estimate of drug-likeness (QED) is 0.703. The number of hydrogen-bond donors (Lipinski definition) is 2. The minimum Gasteiger partial charge on any atom is -0.282 e. The summed E-state index contributed by atoms with van der Waals surface area (Å²) >= 11 is 0. The van der Waals surface area contributed by atoms with Gasteiger partial charge in [0, 0.05) is 23.2 Å². The van der Waals surface area contributed by atoms with Crippen LogP contribution in [0.2, 0.25) is 0 Å². The van der Waals surface area contributed by atoms with E-state index in [1.54, 1.807) is 0 Å². The van der Waals surface area contributed by atoms with Gasteiger partial charge >= 0.3 is 0 Å². The molecule has 2 N–H and O–H groups in total. The van der Waals surface area contributed by atoms with Gasteiger partial charge in [-0.2, -0.15) is 10.2 Å². The van der Waals surface area contributed by atoms with Gasteiger partial charge in [0.2, 0.25) is 0 Å². The summed E-state index contributed by atoms with van der Waals surface area (Å²) < 4.78 is 0. The zero-order valence-electron chi connectivity index (χ0n) is 9.03. The van der Waals surface area contributed by atoms with Gasteiger partial charge in [-0.1, -0.05) is 0 Å². The van der Waals surface area contributed by atoms with Crippen molar-refractivity contribution in [3.05, 3.63) is 34.9 Å². The SMILES string of the molecule is c1n[nH]c2c1CCC1c3[nH]ncc3CCC21. The summed E-state index contributed by atoms with van der Waals surface area (Å²) in [6.07, 6.45) is 8.73. The maximum absolute atomic E-state index is 4.19. The van der Waals surface area contributed by atoms with Crippen LogP contribution in [0.4, 0.5) is 0 Å². The van der Waals surface area contributed by atoms with Crippen LogP contribution >= 0.6 is 0 Å². The van der Waals surface area contributed by atoms with Crippen molar-refractivity contribution in [3.8, 4) is 0 Å². The Bertz CT molecular complexity index is 476. The molecule has 0 fully saturated rings. The highest BCUT2D eigenvalue weighted by Crippen LogP contribution is 2.47. The van der Waals surface area contributed by atoms with E-state index >= 15 is 0 Å². The molecule has 4 nitrogen and oxygen atoms in total. The fourth-order valence-corrected chi connectivity index (χ4v) is 3.40. The molecule has 2 atom stereocenters. The van der Waals surface area contributed by atoms with E-state index in [4.69, 9.17) is 0 Å². The Morgan fingerprint density at radius 2 is 1.38 bits per heavy atom. The summed E-state index contributed by atoms with van der Waals surface area (Å²) in [5.74, 6) is 1.25. The molecule has 0 radical (unpaired) electrons. The second-order valence-electron chi connectivity index (χ2n) is 4.91. The van der Waals surface area contributed by atoms with Crippen molar-refractivity contribution in [3.63, 3.8) is 0 Å². The molecular weight excluding hydrogens is 200 g/mol. The molecule has 2 heterocycles. The van der Waals surface area contributed by atoms with Crippen LogP contribution in [0.3, 0.4) is 0 Å².